The summed E-state index contributed by atoms with van der Waals surface area (Å²) in [5.74, 6) is -1.80. The third-order valence-electron chi connectivity index (χ3n) is 4.48. The Morgan fingerprint density at radius 2 is 1.78 bits per heavy atom. The maximum Gasteiger partial charge on any atom is 0.337 e. The molecule has 0 radical (unpaired) electrons. The molecule has 0 unspecified atom stereocenters. The fraction of sp³-hybridized carbons (Fsp3) is 0.143. The van der Waals surface area contributed by atoms with Gasteiger partial charge in [-0.1, -0.05) is 28.1 Å². The van der Waals surface area contributed by atoms with Gasteiger partial charge in [0.25, 0.3) is 5.91 Å². The van der Waals surface area contributed by atoms with Gasteiger partial charge in [-0.2, -0.15) is 0 Å². The van der Waals surface area contributed by atoms with E-state index < -0.39 is 21.9 Å². The van der Waals surface area contributed by atoms with Crippen LogP contribution in [0.4, 0.5) is 11.4 Å². The SMILES string of the molecule is CN(C)c1ccc(CNS(=O)(=O)c2cc(C(=O)Nc3ccc(Br)cc3C(=O)O)cs2)cc1. The van der Waals surface area contributed by atoms with E-state index in [0.29, 0.717) is 4.47 Å². The Labute approximate surface area is 198 Å². The van der Waals surface area contributed by atoms with Crippen molar-refractivity contribution < 1.29 is 23.1 Å². The number of hydrogen-bond donors (Lipinski definition) is 3. The number of carboxylic acids is 1. The van der Waals surface area contributed by atoms with Gasteiger partial charge >= 0.3 is 5.97 Å². The molecule has 11 heteroatoms. The van der Waals surface area contributed by atoms with Crippen LogP contribution in [-0.4, -0.2) is 39.5 Å². The third-order valence-corrected chi connectivity index (χ3v) is 7.82. The van der Waals surface area contributed by atoms with E-state index in [2.05, 4.69) is 26.0 Å². The summed E-state index contributed by atoms with van der Waals surface area (Å²) < 4.78 is 28.3. The lowest BCUT2D eigenvalue weighted by Crippen LogP contribution is -2.22. The molecule has 8 nitrogen and oxygen atoms in total. The Morgan fingerprint density at radius 1 is 1.09 bits per heavy atom. The van der Waals surface area contributed by atoms with Crippen molar-refractivity contribution in [3.8, 4) is 0 Å². The maximum absolute atomic E-state index is 12.6. The van der Waals surface area contributed by atoms with Crippen molar-refractivity contribution in [2.75, 3.05) is 24.3 Å². The Hall–Kier alpha value is -2.73. The van der Waals surface area contributed by atoms with E-state index in [4.69, 9.17) is 0 Å². The van der Waals surface area contributed by atoms with Crippen molar-refractivity contribution in [2.45, 2.75) is 10.8 Å². The van der Waals surface area contributed by atoms with Crippen LogP contribution in [0.3, 0.4) is 0 Å². The van der Waals surface area contributed by atoms with Gasteiger partial charge in [0.05, 0.1) is 16.8 Å². The fourth-order valence-corrected chi connectivity index (χ4v) is 5.32. The zero-order chi connectivity index (χ0) is 23.5. The molecule has 0 aliphatic carbocycles. The van der Waals surface area contributed by atoms with E-state index >= 15 is 0 Å². The minimum atomic E-state index is -3.82. The number of carbonyl (C=O) groups excluding carboxylic acids is 1. The third kappa shape index (κ3) is 5.74. The Balaban J connectivity index is 1.70. The lowest BCUT2D eigenvalue weighted by atomic mass is 10.1. The highest BCUT2D eigenvalue weighted by molar-refractivity contribution is 9.10. The molecular weight excluding hydrogens is 518 g/mol. The van der Waals surface area contributed by atoms with Crippen LogP contribution in [0.2, 0.25) is 0 Å². The van der Waals surface area contributed by atoms with Crippen molar-refractivity contribution in [1.82, 2.24) is 4.72 Å². The van der Waals surface area contributed by atoms with Gasteiger partial charge in [0.2, 0.25) is 10.0 Å². The first-order valence-electron chi connectivity index (χ1n) is 9.25. The highest BCUT2D eigenvalue weighted by Crippen LogP contribution is 2.24. The van der Waals surface area contributed by atoms with Crippen LogP contribution in [0.25, 0.3) is 0 Å². The Kier molecular flexibility index (Phi) is 7.34. The average molecular weight is 538 g/mol. The summed E-state index contributed by atoms with van der Waals surface area (Å²) in [6, 6.07) is 13.1. The monoisotopic (exact) mass is 537 g/mol. The molecule has 0 aliphatic heterocycles. The minimum Gasteiger partial charge on any atom is -0.478 e. The summed E-state index contributed by atoms with van der Waals surface area (Å²) in [5, 5.41) is 13.3. The van der Waals surface area contributed by atoms with Gasteiger partial charge in [0.15, 0.2) is 0 Å². The van der Waals surface area contributed by atoms with Crippen LogP contribution in [0.1, 0.15) is 26.3 Å². The van der Waals surface area contributed by atoms with Crippen LogP contribution in [0, 0.1) is 0 Å². The molecule has 0 saturated carbocycles. The molecule has 1 amide bonds. The molecule has 0 saturated heterocycles. The van der Waals surface area contributed by atoms with Gasteiger partial charge in [0.1, 0.15) is 4.21 Å². The quantitative estimate of drug-likeness (QED) is 0.399. The molecule has 0 aliphatic rings. The molecule has 32 heavy (non-hydrogen) atoms. The number of benzene rings is 2. The summed E-state index contributed by atoms with van der Waals surface area (Å²) in [6.07, 6.45) is 0. The van der Waals surface area contributed by atoms with E-state index in [1.54, 1.807) is 6.07 Å². The molecule has 3 rings (SSSR count). The second-order valence-electron chi connectivity index (χ2n) is 6.99. The van der Waals surface area contributed by atoms with Crippen molar-refractivity contribution in [3.05, 3.63) is 75.1 Å². The summed E-state index contributed by atoms with van der Waals surface area (Å²) in [5.41, 5.74) is 1.94. The molecule has 0 spiro atoms. The summed E-state index contributed by atoms with van der Waals surface area (Å²) >= 11 is 4.10. The normalized spacial score (nSPS) is 11.2. The summed E-state index contributed by atoms with van der Waals surface area (Å²) in [7, 11) is 0.0163. The predicted molar refractivity (Wildman–Crippen MR) is 128 cm³/mol. The van der Waals surface area contributed by atoms with Gasteiger partial charge in [-0.3, -0.25) is 4.79 Å². The number of anilines is 2. The van der Waals surface area contributed by atoms with E-state index in [9.17, 15) is 23.1 Å². The number of nitrogens with one attached hydrogen (secondary N) is 2. The molecule has 1 aromatic heterocycles. The average Bonchev–Trinajstić information content (AvgIpc) is 3.25. The number of carboxylic acid groups (broad SMARTS) is 1. The molecule has 1 heterocycles. The minimum absolute atomic E-state index is 0.0122. The molecule has 3 N–H and O–H groups in total. The zero-order valence-electron chi connectivity index (χ0n) is 17.1. The standard InChI is InChI=1S/C21H20BrN3O5S2/c1-25(2)16-6-3-13(4-7-16)11-23-32(29,30)19-9-14(12-31-19)20(26)24-18-8-5-15(22)10-17(18)21(27)28/h3-10,12,23H,11H2,1-2H3,(H,24,26)(H,27,28). The number of carbonyl (C=O) groups is 2. The highest BCUT2D eigenvalue weighted by atomic mass is 79.9. The first-order chi connectivity index (χ1) is 15.1. The summed E-state index contributed by atoms with van der Waals surface area (Å²) in [4.78, 5) is 25.9. The maximum atomic E-state index is 12.6. The van der Waals surface area contributed by atoms with Crippen molar-refractivity contribution in [2.24, 2.45) is 0 Å². The number of halogens is 1. The van der Waals surface area contributed by atoms with Crippen LogP contribution in [0.15, 0.2) is 62.6 Å². The number of hydrogen-bond acceptors (Lipinski definition) is 6. The highest BCUT2D eigenvalue weighted by Gasteiger charge is 2.20. The van der Waals surface area contributed by atoms with Crippen LogP contribution in [-0.2, 0) is 16.6 Å². The lowest BCUT2D eigenvalue weighted by molar-refractivity contribution is 0.0698. The van der Waals surface area contributed by atoms with E-state index in [-0.39, 0.29) is 27.6 Å². The number of aromatic carboxylic acids is 1. The molecule has 0 atom stereocenters. The number of amides is 1. The van der Waals surface area contributed by atoms with Crippen molar-refractivity contribution in [1.29, 1.82) is 0 Å². The second-order valence-corrected chi connectivity index (χ2v) is 10.8. The molecule has 168 valence electrons. The largest absolute Gasteiger partial charge is 0.478 e. The number of rotatable bonds is 8. The van der Waals surface area contributed by atoms with E-state index in [0.717, 1.165) is 22.6 Å². The zero-order valence-corrected chi connectivity index (χ0v) is 20.3. The number of sulfonamides is 1. The van der Waals surface area contributed by atoms with Crippen molar-refractivity contribution in [3.63, 3.8) is 0 Å². The van der Waals surface area contributed by atoms with Crippen LogP contribution < -0.4 is 14.9 Å². The predicted octanol–water partition coefficient (Wildman–Crippen LogP) is 4.01. The molecule has 3 aromatic rings. The lowest BCUT2D eigenvalue weighted by Gasteiger charge is -2.12. The van der Waals surface area contributed by atoms with Gasteiger partial charge in [-0.25, -0.2) is 17.9 Å². The number of nitrogens with zero attached hydrogens (tertiary/aromatic N) is 1. The topological polar surface area (TPSA) is 116 Å². The first kappa shape index (κ1) is 23.9. The van der Waals surface area contributed by atoms with Gasteiger partial charge in [-0.05, 0) is 42.0 Å². The van der Waals surface area contributed by atoms with Crippen LogP contribution >= 0.6 is 27.3 Å². The van der Waals surface area contributed by atoms with Crippen molar-refractivity contribution >= 4 is 60.5 Å². The molecule has 0 fully saturated rings. The summed E-state index contributed by atoms with van der Waals surface area (Å²) in [6.45, 7) is 0.107. The molecule has 0 bridgehead atoms. The van der Waals surface area contributed by atoms with Crippen LogP contribution in [0.5, 0.6) is 0 Å². The van der Waals surface area contributed by atoms with E-state index in [1.807, 2.05) is 43.3 Å². The first-order valence-corrected chi connectivity index (χ1v) is 12.4. The van der Waals surface area contributed by atoms with Gasteiger partial charge < -0.3 is 15.3 Å². The smallest absolute Gasteiger partial charge is 0.337 e. The second kappa shape index (κ2) is 9.82. The molecule has 2 aromatic carbocycles. The van der Waals surface area contributed by atoms with Gasteiger partial charge in [-0.15, -0.1) is 11.3 Å². The molecular formula is C21H20BrN3O5S2. The fourth-order valence-electron chi connectivity index (χ4n) is 2.73. The number of thiophene rings is 1. The Morgan fingerprint density at radius 3 is 2.41 bits per heavy atom. The van der Waals surface area contributed by atoms with Gasteiger partial charge in [0, 0.05) is 36.2 Å². The Bertz CT molecular complexity index is 1250. The van der Waals surface area contributed by atoms with E-state index in [1.165, 1.54) is 23.6 Å².